The van der Waals surface area contributed by atoms with Crippen LogP contribution in [-0.4, -0.2) is 16.9 Å². The van der Waals surface area contributed by atoms with Crippen molar-refractivity contribution in [2.75, 3.05) is 0 Å². The molecular formula is C5H4ClF2O2. The van der Waals surface area contributed by atoms with Gasteiger partial charge in [-0.25, -0.2) is 0 Å². The molecule has 0 saturated carbocycles. The van der Waals surface area contributed by atoms with Crippen LogP contribution in [0.15, 0.2) is 0 Å². The number of hydrogen-bond donors (Lipinski definition) is 0. The van der Waals surface area contributed by atoms with Crippen molar-refractivity contribution in [1.29, 1.82) is 0 Å². The van der Waals surface area contributed by atoms with E-state index in [0.29, 0.717) is 0 Å². The lowest BCUT2D eigenvalue weighted by atomic mass is 10.2. The molecule has 0 aromatic carbocycles. The molecule has 5 heteroatoms. The first-order valence-corrected chi connectivity index (χ1v) is 2.66. The molecule has 0 saturated heterocycles. The van der Waals surface area contributed by atoms with Crippen LogP contribution in [0.2, 0.25) is 0 Å². The number of hydrogen-bond acceptors (Lipinski definition) is 2. The van der Waals surface area contributed by atoms with Crippen LogP contribution in [-0.2, 0) is 9.59 Å². The Labute approximate surface area is 61.2 Å². The van der Waals surface area contributed by atoms with Crippen molar-refractivity contribution in [3.63, 3.8) is 0 Å². The molecule has 0 aromatic rings. The van der Waals surface area contributed by atoms with Crippen LogP contribution in [0.4, 0.5) is 8.78 Å². The molecule has 0 aromatic heterocycles. The Hall–Kier alpha value is -0.510. The summed E-state index contributed by atoms with van der Waals surface area (Å²) in [5.74, 6) is -2.49. The lowest BCUT2D eigenvalue weighted by molar-refractivity contribution is -0.136. The number of rotatable bonds is 3. The van der Waals surface area contributed by atoms with Gasteiger partial charge in [0.05, 0.1) is 6.42 Å². The number of carbonyl (C=O) groups excluding carboxylic acids is 2. The van der Waals surface area contributed by atoms with Crippen LogP contribution >= 0.6 is 11.6 Å². The monoisotopic (exact) mass is 169 g/mol. The van der Waals surface area contributed by atoms with Crippen molar-refractivity contribution < 1.29 is 18.4 Å². The maximum Gasteiger partial charge on any atom is 0.380 e. The van der Waals surface area contributed by atoms with E-state index in [0.717, 1.165) is 0 Å². The molecule has 0 N–H and O–H groups in total. The summed E-state index contributed by atoms with van der Waals surface area (Å²) in [5.41, 5.74) is 0. The molecule has 0 aliphatic rings. The van der Waals surface area contributed by atoms with Gasteiger partial charge in [0.15, 0.2) is 0 Å². The van der Waals surface area contributed by atoms with Crippen molar-refractivity contribution in [3.05, 3.63) is 6.92 Å². The summed E-state index contributed by atoms with van der Waals surface area (Å²) in [6.45, 7) is 2.74. The maximum absolute atomic E-state index is 11.7. The number of halogens is 3. The molecule has 0 unspecified atom stereocenters. The summed E-state index contributed by atoms with van der Waals surface area (Å²) < 4.78 is 23.4. The average Bonchev–Trinajstić information content (AvgIpc) is 1.60. The molecular weight excluding hydrogens is 166 g/mol. The van der Waals surface area contributed by atoms with Crippen molar-refractivity contribution in [3.8, 4) is 0 Å². The van der Waals surface area contributed by atoms with Crippen LogP contribution in [0.1, 0.15) is 6.42 Å². The van der Waals surface area contributed by atoms with Gasteiger partial charge in [-0.05, 0) is 11.6 Å². The molecule has 0 bridgehead atoms. The van der Waals surface area contributed by atoms with Crippen LogP contribution in [0, 0.1) is 6.92 Å². The van der Waals surface area contributed by atoms with Gasteiger partial charge < -0.3 is 0 Å². The van der Waals surface area contributed by atoms with Crippen LogP contribution in [0.25, 0.3) is 0 Å². The zero-order valence-electron chi connectivity index (χ0n) is 4.86. The second-order valence-electron chi connectivity index (χ2n) is 1.64. The van der Waals surface area contributed by atoms with E-state index in [1.165, 1.54) is 0 Å². The maximum atomic E-state index is 11.7. The molecule has 2 nitrogen and oxygen atoms in total. The van der Waals surface area contributed by atoms with Crippen molar-refractivity contribution >= 4 is 23.2 Å². The second-order valence-corrected chi connectivity index (χ2v) is 2.11. The third kappa shape index (κ3) is 3.50. The zero-order chi connectivity index (χ0) is 8.36. The first-order valence-electron chi connectivity index (χ1n) is 2.29. The van der Waals surface area contributed by atoms with Gasteiger partial charge >= 0.3 is 5.38 Å². The fourth-order valence-electron chi connectivity index (χ4n) is 0.279. The quantitative estimate of drug-likeness (QED) is 0.470. The van der Waals surface area contributed by atoms with Gasteiger partial charge in [-0.2, -0.15) is 8.78 Å². The molecule has 10 heavy (non-hydrogen) atoms. The summed E-state index contributed by atoms with van der Waals surface area (Å²) in [4.78, 5) is 20.1. The molecule has 0 heterocycles. The highest BCUT2D eigenvalue weighted by Crippen LogP contribution is 2.21. The third-order valence-electron chi connectivity index (χ3n) is 0.674. The Balaban J connectivity index is 3.99. The predicted molar refractivity (Wildman–Crippen MR) is 30.8 cm³/mol. The minimum Gasteiger partial charge on any atom is -0.299 e. The molecule has 0 atom stereocenters. The summed E-state index contributed by atoms with van der Waals surface area (Å²) in [7, 11) is 0. The SMILES string of the molecule is [CH2]C(=O)CC(=O)C(F)(F)Cl. The van der Waals surface area contributed by atoms with E-state index in [2.05, 4.69) is 18.5 Å². The van der Waals surface area contributed by atoms with E-state index in [-0.39, 0.29) is 0 Å². The van der Waals surface area contributed by atoms with Gasteiger partial charge in [-0.3, -0.25) is 9.59 Å². The van der Waals surface area contributed by atoms with Crippen LogP contribution < -0.4 is 0 Å². The van der Waals surface area contributed by atoms with Crippen LogP contribution in [0.3, 0.4) is 0 Å². The fraction of sp³-hybridized carbons (Fsp3) is 0.400. The lowest BCUT2D eigenvalue weighted by Gasteiger charge is -2.02. The molecule has 0 amide bonds. The molecule has 0 fully saturated rings. The number of carbonyl (C=O) groups is 2. The second kappa shape index (κ2) is 3.05. The van der Waals surface area contributed by atoms with Gasteiger partial charge in [-0.15, -0.1) is 0 Å². The molecule has 0 rings (SSSR count). The standard InChI is InChI=1S/C5H4ClF2O2/c1-3(9)2-4(10)5(6,7)8/h1-2H2. The summed E-state index contributed by atoms with van der Waals surface area (Å²) >= 11 is 4.26. The molecule has 0 aliphatic heterocycles. The minimum atomic E-state index is -3.94. The largest absolute Gasteiger partial charge is 0.380 e. The van der Waals surface area contributed by atoms with E-state index in [4.69, 9.17) is 0 Å². The van der Waals surface area contributed by atoms with Gasteiger partial charge in [0, 0.05) is 6.92 Å². The first kappa shape index (κ1) is 9.49. The molecule has 0 aliphatic carbocycles. The third-order valence-corrected chi connectivity index (χ3v) is 0.885. The highest BCUT2D eigenvalue weighted by Gasteiger charge is 2.35. The number of Topliss-reactive ketones (excluding diaryl/α,β-unsaturated/α-hetero) is 2. The van der Waals surface area contributed by atoms with E-state index in [1.54, 1.807) is 0 Å². The normalized spacial score (nSPS) is 11.2. The van der Waals surface area contributed by atoms with Crippen molar-refractivity contribution in [2.24, 2.45) is 0 Å². The minimum absolute atomic E-state index is 0.870. The Morgan fingerprint density at radius 2 is 1.90 bits per heavy atom. The first-order chi connectivity index (χ1) is 4.34. The molecule has 0 spiro atoms. The predicted octanol–water partition coefficient (Wildman–Crippen LogP) is 1.18. The Kier molecular flexibility index (Phi) is 2.90. The summed E-state index contributed by atoms with van der Waals surface area (Å²) in [6, 6.07) is 0. The average molecular weight is 170 g/mol. The zero-order valence-corrected chi connectivity index (χ0v) is 5.62. The Morgan fingerprint density at radius 1 is 1.50 bits per heavy atom. The van der Waals surface area contributed by atoms with E-state index in [9.17, 15) is 18.4 Å². The summed E-state index contributed by atoms with van der Waals surface area (Å²) in [5, 5.41) is -3.94. The smallest absolute Gasteiger partial charge is 0.299 e. The molecule has 57 valence electrons. The fourth-order valence-corrected chi connectivity index (χ4v) is 0.346. The Bertz CT molecular complexity index is 162. The Morgan fingerprint density at radius 3 is 2.00 bits per heavy atom. The highest BCUT2D eigenvalue weighted by atomic mass is 35.5. The van der Waals surface area contributed by atoms with Gasteiger partial charge in [0.25, 0.3) is 0 Å². The van der Waals surface area contributed by atoms with Crippen molar-refractivity contribution in [1.82, 2.24) is 0 Å². The van der Waals surface area contributed by atoms with Gasteiger partial charge in [-0.1, -0.05) is 0 Å². The lowest BCUT2D eigenvalue weighted by Crippen LogP contribution is -2.23. The number of alkyl halides is 3. The number of ketones is 2. The van der Waals surface area contributed by atoms with E-state index < -0.39 is 23.4 Å². The van der Waals surface area contributed by atoms with Gasteiger partial charge in [0.2, 0.25) is 5.78 Å². The van der Waals surface area contributed by atoms with Crippen LogP contribution in [0.5, 0.6) is 0 Å². The van der Waals surface area contributed by atoms with Gasteiger partial charge in [0.1, 0.15) is 5.78 Å². The topological polar surface area (TPSA) is 34.1 Å². The van der Waals surface area contributed by atoms with E-state index in [1.807, 2.05) is 0 Å². The van der Waals surface area contributed by atoms with E-state index >= 15 is 0 Å². The highest BCUT2D eigenvalue weighted by molar-refractivity contribution is 6.33. The summed E-state index contributed by atoms with van der Waals surface area (Å²) in [6.07, 6.45) is -0.920. The van der Waals surface area contributed by atoms with Crippen molar-refractivity contribution in [2.45, 2.75) is 11.8 Å². The molecule has 1 radical (unpaired) electrons.